The predicted octanol–water partition coefficient (Wildman–Crippen LogP) is 3.35. The van der Waals surface area contributed by atoms with E-state index in [4.69, 9.17) is 27.9 Å². The van der Waals surface area contributed by atoms with Crippen molar-refractivity contribution in [2.45, 2.75) is 0 Å². The van der Waals surface area contributed by atoms with Crippen LogP contribution in [0.15, 0.2) is 12.1 Å². The van der Waals surface area contributed by atoms with Crippen LogP contribution in [0.4, 0.5) is 0 Å². The molecule has 3 nitrogen and oxygen atoms in total. The third-order valence-electron chi connectivity index (χ3n) is 1.74. The highest BCUT2D eigenvalue weighted by molar-refractivity contribution is 14.1. The van der Waals surface area contributed by atoms with Crippen molar-refractivity contribution in [3.63, 3.8) is 0 Å². The average molecular weight is 375 g/mol. The van der Waals surface area contributed by atoms with Crippen LogP contribution in [-0.4, -0.2) is 25.6 Å². The van der Waals surface area contributed by atoms with E-state index in [1.807, 2.05) is 22.6 Å². The summed E-state index contributed by atoms with van der Waals surface area (Å²) in [6, 6.07) is 3.17. The van der Waals surface area contributed by atoms with E-state index in [1.54, 1.807) is 6.07 Å². The van der Waals surface area contributed by atoms with Crippen molar-refractivity contribution in [1.29, 1.82) is 0 Å². The lowest BCUT2D eigenvalue weighted by Crippen LogP contribution is -2.05. The van der Waals surface area contributed by atoms with Gasteiger partial charge in [-0.05, 0) is 34.7 Å². The van der Waals surface area contributed by atoms with Crippen LogP contribution in [0.25, 0.3) is 0 Å². The van der Waals surface area contributed by atoms with Crippen molar-refractivity contribution in [2.75, 3.05) is 19.6 Å². The highest BCUT2D eigenvalue weighted by atomic mass is 127. The van der Waals surface area contributed by atoms with Crippen molar-refractivity contribution in [2.24, 2.45) is 0 Å². The number of halogens is 3. The van der Waals surface area contributed by atoms with Crippen LogP contribution < -0.4 is 4.74 Å². The van der Waals surface area contributed by atoms with Crippen LogP contribution in [0.1, 0.15) is 10.4 Å². The molecule has 0 radical (unpaired) electrons. The van der Waals surface area contributed by atoms with Crippen LogP contribution in [0.2, 0.25) is 5.02 Å². The van der Waals surface area contributed by atoms with E-state index in [0.29, 0.717) is 28.8 Å². The predicted molar refractivity (Wildman–Crippen MR) is 71.7 cm³/mol. The molecule has 0 aliphatic heterocycles. The highest BCUT2D eigenvalue weighted by Crippen LogP contribution is 2.31. The maximum atomic E-state index is 11.3. The second-order valence-electron chi connectivity index (χ2n) is 2.80. The zero-order chi connectivity index (χ0) is 12.1. The van der Waals surface area contributed by atoms with Gasteiger partial charge in [0.15, 0.2) is 5.75 Å². The normalized spacial score (nSPS) is 10.0. The number of methoxy groups -OCH3 is 1. The number of alkyl halides is 1. The van der Waals surface area contributed by atoms with Crippen LogP contribution >= 0.6 is 45.8 Å². The molecule has 0 aliphatic rings. The Kier molecular flexibility index (Phi) is 5.64. The molecule has 0 unspecified atom stereocenters. The molecular formula is C10H9Cl2IO3. The van der Waals surface area contributed by atoms with Crippen LogP contribution in [0, 0.1) is 3.57 Å². The number of esters is 1. The molecule has 0 heterocycles. The second-order valence-corrected chi connectivity index (χ2v) is 4.75. The molecule has 16 heavy (non-hydrogen) atoms. The van der Waals surface area contributed by atoms with Crippen molar-refractivity contribution in [1.82, 2.24) is 0 Å². The molecule has 0 bridgehead atoms. The number of benzene rings is 1. The minimum atomic E-state index is -0.427. The van der Waals surface area contributed by atoms with Gasteiger partial charge in [0.05, 0.1) is 27.1 Å². The Morgan fingerprint density at radius 2 is 2.19 bits per heavy atom. The van der Waals surface area contributed by atoms with Gasteiger partial charge in [0.25, 0.3) is 0 Å². The minimum Gasteiger partial charge on any atom is -0.490 e. The summed E-state index contributed by atoms with van der Waals surface area (Å²) in [4.78, 5) is 11.3. The van der Waals surface area contributed by atoms with Crippen molar-refractivity contribution >= 4 is 51.8 Å². The van der Waals surface area contributed by atoms with Gasteiger partial charge in [0.1, 0.15) is 6.61 Å². The Labute approximate surface area is 117 Å². The Morgan fingerprint density at radius 1 is 1.50 bits per heavy atom. The Hall–Kier alpha value is -0.200. The SMILES string of the molecule is COC(=O)c1cc(Cl)c(OCCCl)c(I)c1. The van der Waals surface area contributed by atoms with Crippen molar-refractivity contribution in [3.05, 3.63) is 26.3 Å². The Balaban J connectivity index is 3.02. The van der Waals surface area contributed by atoms with Gasteiger partial charge in [-0.3, -0.25) is 0 Å². The standard InChI is InChI=1S/C10H9Cl2IO3/c1-15-10(14)6-4-7(12)9(8(13)5-6)16-3-2-11/h4-5H,2-3H2,1H3. The molecule has 1 aromatic carbocycles. The fraction of sp³-hybridized carbons (Fsp3) is 0.300. The molecule has 0 amide bonds. The van der Waals surface area contributed by atoms with E-state index >= 15 is 0 Å². The third-order valence-corrected chi connectivity index (χ3v) is 2.98. The lowest BCUT2D eigenvalue weighted by molar-refractivity contribution is 0.0600. The second kappa shape index (κ2) is 6.51. The first kappa shape index (κ1) is 13.9. The molecule has 0 N–H and O–H groups in total. The molecule has 1 aromatic rings. The van der Waals surface area contributed by atoms with Crippen LogP contribution in [-0.2, 0) is 4.74 Å². The number of rotatable bonds is 4. The van der Waals surface area contributed by atoms with E-state index < -0.39 is 5.97 Å². The monoisotopic (exact) mass is 374 g/mol. The highest BCUT2D eigenvalue weighted by Gasteiger charge is 2.13. The zero-order valence-electron chi connectivity index (χ0n) is 8.43. The average Bonchev–Trinajstić information content (AvgIpc) is 2.26. The minimum absolute atomic E-state index is 0.370. The first-order valence-electron chi connectivity index (χ1n) is 4.36. The van der Waals surface area contributed by atoms with Crippen molar-refractivity contribution < 1.29 is 14.3 Å². The lowest BCUT2D eigenvalue weighted by Gasteiger charge is -2.10. The van der Waals surface area contributed by atoms with Gasteiger partial charge in [-0.1, -0.05) is 11.6 Å². The van der Waals surface area contributed by atoms with Crippen LogP contribution in [0.5, 0.6) is 5.75 Å². The summed E-state index contributed by atoms with van der Waals surface area (Å²) < 4.78 is 10.7. The van der Waals surface area contributed by atoms with Crippen LogP contribution in [0.3, 0.4) is 0 Å². The van der Waals surface area contributed by atoms with Gasteiger partial charge >= 0.3 is 5.97 Å². The summed E-state index contributed by atoms with van der Waals surface area (Å²) in [7, 11) is 1.32. The first-order chi connectivity index (χ1) is 7.60. The van der Waals surface area contributed by atoms with Gasteiger partial charge in [-0.25, -0.2) is 4.79 Å². The number of hydrogen-bond donors (Lipinski definition) is 0. The number of ether oxygens (including phenoxy) is 2. The largest absolute Gasteiger partial charge is 0.490 e. The molecule has 88 valence electrons. The van der Waals surface area contributed by atoms with Gasteiger partial charge in [-0.15, -0.1) is 11.6 Å². The molecule has 0 saturated heterocycles. The molecule has 0 aliphatic carbocycles. The van der Waals surface area contributed by atoms with Crippen molar-refractivity contribution in [3.8, 4) is 5.75 Å². The number of carbonyl (C=O) groups excluding carboxylic acids is 1. The Morgan fingerprint density at radius 3 is 2.69 bits per heavy atom. The zero-order valence-corrected chi connectivity index (χ0v) is 12.1. The Bertz CT molecular complexity index is 373. The molecule has 0 saturated carbocycles. The smallest absolute Gasteiger partial charge is 0.337 e. The van der Waals surface area contributed by atoms with E-state index in [1.165, 1.54) is 13.2 Å². The molecule has 0 aromatic heterocycles. The summed E-state index contributed by atoms with van der Waals surface area (Å²) in [5, 5.41) is 0.373. The topological polar surface area (TPSA) is 35.5 Å². The van der Waals surface area contributed by atoms with E-state index in [2.05, 4.69) is 4.74 Å². The summed E-state index contributed by atoms with van der Waals surface area (Å²) in [6.07, 6.45) is 0. The summed E-state index contributed by atoms with van der Waals surface area (Å²) in [5.41, 5.74) is 0.398. The molecule has 6 heteroatoms. The van der Waals surface area contributed by atoms with E-state index in [-0.39, 0.29) is 0 Å². The van der Waals surface area contributed by atoms with Gasteiger partial charge in [0.2, 0.25) is 0 Å². The fourth-order valence-corrected chi connectivity index (χ4v) is 2.37. The fourth-order valence-electron chi connectivity index (χ4n) is 1.07. The molecule has 0 fully saturated rings. The molecular weight excluding hydrogens is 366 g/mol. The summed E-state index contributed by atoms with van der Waals surface area (Å²) in [5.74, 6) is 0.491. The maximum Gasteiger partial charge on any atom is 0.337 e. The van der Waals surface area contributed by atoms with E-state index in [0.717, 1.165) is 3.57 Å². The number of hydrogen-bond acceptors (Lipinski definition) is 3. The quantitative estimate of drug-likeness (QED) is 0.460. The lowest BCUT2D eigenvalue weighted by atomic mass is 10.2. The molecule has 1 rings (SSSR count). The molecule has 0 atom stereocenters. The number of carbonyl (C=O) groups is 1. The maximum absolute atomic E-state index is 11.3. The summed E-state index contributed by atoms with van der Waals surface area (Å²) >= 11 is 13.5. The molecule has 0 spiro atoms. The van der Waals surface area contributed by atoms with Gasteiger partial charge in [-0.2, -0.15) is 0 Å². The van der Waals surface area contributed by atoms with E-state index in [9.17, 15) is 4.79 Å². The van der Waals surface area contributed by atoms with Gasteiger partial charge < -0.3 is 9.47 Å². The summed E-state index contributed by atoms with van der Waals surface area (Å²) in [6.45, 7) is 0.370. The first-order valence-corrected chi connectivity index (χ1v) is 6.35. The van der Waals surface area contributed by atoms with Gasteiger partial charge in [0, 0.05) is 0 Å². The third kappa shape index (κ3) is 3.40.